The standard InChI is InChI=1S/C16H28N4O2S/c1-3-4-13-23(21,22)19-10-7-16(8-11-19)6-5-15-18-17-14(2)20(15)12-9-16/h3-13H2,1-2H3. The lowest BCUT2D eigenvalue weighted by atomic mass is 9.73. The molecule has 3 rings (SSSR count). The summed E-state index contributed by atoms with van der Waals surface area (Å²) >= 11 is 0. The molecule has 1 saturated heterocycles. The minimum Gasteiger partial charge on any atom is -0.315 e. The molecule has 0 bridgehead atoms. The number of nitrogens with zero attached hydrogens (tertiary/aromatic N) is 4. The second kappa shape index (κ2) is 6.51. The summed E-state index contributed by atoms with van der Waals surface area (Å²) in [5.41, 5.74) is 0.282. The van der Waals surface area contributed by atoms with Crippen molar-refractivity contribution in [2.45, 2.75) is 65.3 Å². The second-order valence-electron chi connectivity index (χ2n) is 7.13. The number of hydrogen-bond acceptors (Lipinski definition) is 4. The Kier molecular flexibility index (Phi) is 4.78. The van der Waals surface area contributed by atoms with E-state index in [1.165, 1.54) is 0 Å². The number of rotatable bonds is 4. The lowest BCUT2D eigenvalue weighted by molar-refractivity contribution is 0.129. The van der Waals surface area contributed by atoms with Crippen LogP contribution in [0.4, 0.5) is 0 Å². The van der Waals surface area contributed by atoms with E-state index in [-0.39, 0.29) is 5.41 Å². The van der Waals surface area contributed by atoms with Gasteiger partial charge < -0.3 is 4.57 Å². The zero-order valence-corrected chi connectivity index (χ0v) is 15.1. The summed E-state index contributed by atoms with van der Waals surface area (Å²) in [5, 5.41) is 8.46. The molecule has 2 aliphatic heterocycles. The third kappa shape index (κ3) is 3.45. The maximum absolute atomic E-state index is 12.4. The summed E-state index contributed by atoms with van der Waals surface area (Å²) in [6, 6.07) is 0. The molecule has 0 atom stereocenters. The minimum atomic E-state index is -3.05. The van der Waals surface area contributed by atoms with Crippen molar-refractivity contribution < 1.29 is 8.42 Å². The molecule has 130 valence electrons. The van der Waals surface area contributed by atoms with Crippen LogP contribution < -0.4 is 0 Å². The smallest absolute Gasteiger partial charge is 0.214 e. The van der Waals surface area contributed by atoms with Crippen LogP contribution in [0, 0.1) is 12.3 Å². The molecule has 1 spiro atoms. The maximum atomic E-state index is 12.4. The van der Waals surface area contributed by atoms with Crippen LogP contribution in [0.2, 0.25) is 0 Å². The van der Waals surface area contributed by atoms with Crippen LogP contribution >= 0.6 is 0 Å². The van der Waals surface area contributed by atoms with E-state index in [4.69, 9.17) is 0 Å². The van der Waals surface area contributed by atoms with Crippen molar-refractivity contribution in [1.82, 2.24) is 19.1 Å². The normalized spacial score (nSPS) is 22.0. The van der Waals surface area contributed by atoms with E-state index in [1.807, 2.05) is 13.8 Å². The van der Waals surface area contributed by atoms with Gasteiger partial charge >= 0.3 is 0 Å². The van der Waals surface area contributed by atoms with Gasteiger partial charge in [-0.1, -0.05) is 13.3 Å². The second-order valence-corrected chi connectivity index (χ2v) is 9.22. The molecular weight excluding hydrogens is 312 g/mol. The number of piperidine rings is 1. The van der Waals surface area contributed by atoms with E-state index < -0.39 is 10.0 Å². The van der Waals surface area contributed by atoms with E-state index in [9.17, 15) is 8.42 Å². The molecule has 2 aliphatic rings. The van der Waals surface area contributed by atoms with Crippen molar-refractivity contribution in [3.63, 3.8) is 0 Å². The average molecular weight is 340 g/mol. The fraction of sp³-hybridized carbons (Fsp3) is 0.875. The molecule has 0 unspecified atom stereocenters. The predicted molar refractivity (Wildman–Crippen MR) is 89.6 cm³/mol. The average Bonchev–Trinajstić information content (AvgIpc) is 2.80. The zero-order chi connectivity index (χ0) is 16.5. The van der Waals surface area contributed by atoms with Gasteiger partial charge in [-0.3, -0.25) is 0 Å². The highest BCUT2D eigenvalue weighted by Gasteiger charge is 2.39. The fourth-order valence-electron chi connectivity index (χ4n) is 3.95. The van der Waals surface area contributed by atoms with Gasteiger partial charge in [0.2, 0.25) is 10.0 Å². The quantitative estimate of drug-likeness (QED) is 0.842. The van der Waals surface area contributed by atoms with Crippen LogP contribution in [0.15, 0.2) is 0 Å². The van der Waals surface area contributed by atoms with Crippen molar-refractivity contribution in [2.75, 3.05) is 18.8 Å². The van der Waals surface area contributed by atoms with Crippen LogP contribution in [0.5, 0.6) is 0 Å². The van der Waals surface area contributed by atoms with Crippen LogP contribution in [0.3, 0.4) is 0 Å². The van der Waals surface area contributed by atoms with E-state index >= 15 is 0 Å². The fourth-order valence-corrected chi connectivity index (χ4v) is 5.60. The van der Waals surface area contributed by atoms with Crippen LogP contribution in [0.25, 0.3) is 0 Å². The van der Waals surface area contributed by atoms with Crippen LogP contribution in [-0.4, -0.2) is 46.3 Å². The van der Waals surface area contributed by atoms with Crippen molar-refractivity contribution in [1.29, 1.82) is 0 Å². The Bertz CT molecular complexity index is 645. The Balaban J connectivity index is 1.63. The molecule has 23 heavy (non-hydrogen) atoms. The Labute approximate surface area is 139 Å². The van der Waals surface area contributed by atoms with Crippen LogP contribution in [0.1, 0.15) is 57.1 Å². The molecule has 6 nitrogen and oxygen atoms in total. The minimum absolute atomic E-state index is 0.282. The maximum Gasteiger partial charge on any atom is 0.214 e. The predicted octanol–water partition coefficient (Wildman–Crippen LogP) is 2.13. The highest BCUT2D eigenvalue weighted by molar-refractivity contribution is 7.89. The molecule has 0 aromatic carbocycles. The number of hydrogen-bond donors (Lipinski definition) is 0. The van der Waals surface area contributed by atoms with Gasteiger partial charge in [0, 0.05) is 26.1 Å². The molecule has 0 amide bonds. The third-order valence-electron chi connectivity index (χ3n) is 5.69. The van der Waals surface area contributed by atoms with E-state index in [0.717, 1.165) is 63.1 Å². The highest BCUT2D eigenvalue weighted by Crippen LogP contribution is 2.42. The first-order valence-corrected chi connectivity index (χ1v) is 10.4. The van der Waals surface area contributed by atoms with E-state index in [1.54, 1.807) is 4.31 Å². The number of aryl methyl sites for hydroxylation is 2. The lowest BCUT2D eigenvalue weighted by Crippen LogP contribution is -2.44. The van der Waals surface area contributed by atoms with Crippen molar-refractivity contribution in [3.8, 4) is 0 Å². The molecule has 0 N–H and O–H groups in total. The summed E-state index contributed by atoms with van der Waals surface area (Å²) in [6.07, 6.45) is 6.83. The molecule has 7 heteroatoms. The van der Waals surface area contributed by atoms with E-state index in [0.29, 0.717) is 18.8 Å². The first kappa shape index (κ1) is 16.9. The first-order chi connectivity index (χ1) is 11.0. The summed E-state index contributed by atoms with van der Waals surface area (Å²) in [4.78, 5) is 0. The van der Waals surface area contributed by atoms with Crippen molar-refractivity contribution in [2.24, 2.45) is 5.41 Å². The summed E-state index contributed by atoms with van der Waals surface area (Å²) in [5.74, 6) is 2.39. The summed E-state index contributed by atoms with van der Waals surface area (Å²) < 4.78 is 28.7. The molecular formula is C16H28N4O2S. The van der Waals surface area contributed by atoms with Gasteiger partial charge in [0.25, 0.3) is 0 Å². The van der Waals surface area contributed by atoms with Gasteiger partial charge in [-0.05, 0) is 44.4 Å². The number of fused-ring (bicyclic) bond motifs is 1. The van der Waals surface area contributed by atoms with E-state index in [2.05, 4.69) is 14.8 Å². The largest absolute Gasteiger partial charge is 0.315 e. The topological polar surface area (TPSA) is 68.1 Å². The molecule has 1 aromatic heterocycles. The van der Waals surface area contributed by atoms with Gasteiger partial charge in [-0.15, -0.1) is 10.2 Å². The number of aromatic nitrogens is 3. The third-order valence-corrected chi connectivity index (χ3v) is 7.65. The Morgan fingerprint density at radius 3 is 2.48 bits per heavy atom. The lowest BCUT2D eigenvalue weighted by Gasteiger charge is -2.40. The Morgan fingerprint density at radius 2 is 1.78 bits per heavy atom. The Hall–Kier alpha value is -0.950. The summed E-state index contributed by atoms with van der Waals surface area (Å²) in [6.45, 7) is 6.39. The number of unbranched alkanes of at least 4 members (excludes halogenated alkanes) is 1. The zero-order valence-electron chi connectivity index (χ0n) is 14.3. The molecule has 0 saturated carbocycles. The molecule has 1 fully saturated rings. The van der Waals surface area contributed by atoms with Gasteiger partial charge in [-0.25, -0.2) is 12.7 Å². The van der Waals surface area contributed by atoms with Gasteiger partial charge in [0.1, 0.15) is 11.6 Å². The Morgan fingerprint density at radius 1 is 1.09 bits per heavy atom. The monoisotopic (exact) mass is 340 g/mol. The van der Waals surface area contributed by atoms with Crippen molar-refractivity contribution in [3.05, 3.63) is 11.6 Å². The SMILES string of the molecule is CCCCS(=O)(=O)N1CCC2(CCc3nnc(C)n3CC2)CC1. The highest BCUT2D eigenvalue weighted by atomic mass is 32.2. The van der Waals surface area contributed by atoms with Gasteiger partial charge in [0.15, 0.2) is 0 Å². The van der Waals surface area contributed by atoms with Crippen molar-refractivity contribution >= 4 is 10.0 Å². The molecule has 3 heterocycles. The molecule has 1 aromatic rings. The van der Waals surface area contributed by atoms with Crippen LogP contribution in [-0.2, 0) is 23.0 Å². The first-order valence-electron chi connectivity index (χ1n) is 8.82. The summed E-state index contributed by atoms with van der Waals surface area (Å²) in [7, 11) is -3.05. The molecule has 0 radical (unpaired) electrons. The van der Waals surface area contributed by atoms with Gasteiger partial charge in [0.05, 0.1) is 5.75 Å². The number of sulfonamides is 1. The van der Waals surface area contributed by atoms with Gasteiger partial charge in [-0.2, -0.15) is 0 Å². The molecule has 0 aliphatic carbocycles.